The molecule has 404 valence electrons. The number of carbonyl (C=O) groups is 2. The molecule has 2 unspecified atom stereocenters. The Morgan fingerprint density at radius 2 is 0.691 bits per heavy atom. The van der Waals surface area contributed by atoms with Gasteiger partial charge in [-0.2, -0.15) is 0 Å². The van der Waals surface area contributed by atoms with E-state index in [1.54, 1.807) is 0 Å². The lowest BCUT2D eigenvalue weighted by molar-refractivity contribution is -0.143. The quantitative estimate of drug-likeness (QED) is 0.0321. The molecule has 0 rings (SSSR count). The molecule has 3 N–H and O–H groups in total. The van der Waals surface area contributed by atoms with Gasteiger partial charge in [0.2, 0.25) is 5.91 Å². The van der Waals surface area contributed by atoms with Crippen LogP contribution in [0.1, 0.15) is 348 Å². The number of nitrogens with one attached hydrogen (secondary N) is 1. The van der Waals surface area contributed by atoms with Crippen molar-refractivity contribution in [2.24, 2.45) is 0 Å². The van der Waals surface area contributed by atoms with Crippen LogP contribution in [0.3, 0.4) is 0 Å². The van der Waals surface area contributed by atoms with Crippen LogP contribution in [0, 0.1) is 0 Å². The fraction of sp³-hybridized carbons (Fsp3) is 0.935. The molecule has 0 aliphatic heterocycles. The van der Waals surface area contributed by atoms with Crippen molar-refractivity contribution >= 4 is 11.9 Å². The van der Waals surface area contributed by atoms with Crippen molar-refractivity contribution < 1.29 is 24.5 Å². The van der Waals surface area contributed by atoms with Crippen LogP contribution in [0.5, 0.6) is 0 Å². The van der Waals surface area contributed by atoms with Crippen molar-refractivity contribution in [1.82, 2.24) is 5.32 Å². The number of carbonyl (C=O) groups excluding carboxylic acids is 2. The molecule has 0 spiro atoms. The highest BCUT2D eigenvalue weighted by molar-refractivity contribution is 5.76. The first kappa shape index (κ1) is 66.6. The molecular formula is C62H121NO5. The third-order valence-electron chi connectivity index (χ3n) is 14.6. The molecular weight excluding hydrogens is 839 g/mol. The van der Waals surface area contributed by atoms with Gasteiger partial charge in [0.1, 0.15) is 0 Å². The molecule has 0 radical (unpaired) electrons. The van der Waals surface area contributed by atoms with Crippen molar-refractivity contribution in [3.63, 3.8) is 0 Å². The molecule has 68 heavy (non-hydrogen) atoms. The van der Waals surface area contributed by atoms with Crippen molar-refractivity contribution in [2.75, 3.05) is 13.2 Å². The lowest BCUT2D eigenvalue weighted by Gasteiger charge is -2.22. The average molecular weight is 961 g/mol. The fourth-order valence-corrected chi connectivity index (χ4v) is 9.81. The van der Waals surface area contributed by atoms with E-state index in [4.69, 9.17) is 4.74 Å². The first-order chi connectivity index (χ1) is 33.5. The van der Waals surface area contributed by atoms with Gasteiger partial charge in [-0.1, -0.05) is 296 Å². The highest BCUT2D eigenvalue weighted by Crippen LogP contribution is 2.18. The van der Waals surface area contributed by atoms with Crippen LogP contribution in [-0.4, -0.2) is 47.4 Å². The van der Waals surface area contributed by atoms with Gasteiger partial charge in [0.15, 0.2) is 0 Å². The number of aliphatic hydroxyl groups is 2. The van der Waals surface area contributed by atoms with Gasteiger partial charge in [-0.15, -0.1) is 0 Å². The zero-order chi connectivity index (χ0) is 49.3. The number of esters is 1. The molecule has 0 aliphatic rings. The van der Waals surface area contributed by atoms with Gasteiger partial charge in [-0.25, -0.2) is 0 Å². The van der Waals surface area contributed by atoms with E-state index in [0.29, 0.717) is 25.9 Å². The second-order valence-electron chi connectivity index (χ2n) is 21.4. The van der Waals surface area contributed by atoms with Gasteiger partial charge >= 0.3 is 5.97 Å². The molecule has 0 saturated carbocycles. The Morgan fingerprint density at radius 1 is 0.397 bits per heavy atom. The predicted octanol–water partition coefficient (Wildman–Crippen LogP) is 19.2. The van der Waals surface area contributed by atoms with E-state index >= 15 is 0 Å². The van der Waals surface area contributed by atoms with Crippen LogP contribution in [-0.2, 0) is 14.3 Å². The topological polar surface area (TPSA) is 95.9 Å². The number of allylic oxidation sites excluding steroid dienone is 2. The number of hydrogen-bond donors (Lipinski definition) is 3. The molecule has 0 saturated heterocycles. The summed E-state index contributed by atoms with van der Waals surface area (Å²) in [5, 5.41) is 23.3. The van der Waals surface area contributed by atoms with Crippen LogP contribution < -0.4 is 5.32 Å². The van der Waals surface area contributed by atoms with E-state index < -0.39 is 12.1 Å². The van der Waals surface area contributed by atoms with Gasteiger partial charge in [-0.3, -0.25) is 9.59 Å². The summed E-state index contributed by atoms with van der Waals surface area (Å²) in [7, 11) is 0. The van der Waals surface area contributed by atoms with Crippen LogP contribution in [0.2, 0.25) is 0 Å². The SMILES string of the molecule is CCCCCCCCC/C=C\CCCCCCCCCC(=O)OCCCCCCCCCCCCCCCC(=O)NC(CO)C(O)CCCCCCCCCCCCCCCCCCCCCC. The number of ether oxygens (including phenoxy) is 1. The maximum absolute atomic E-state index is 12.5. The van der Waals surface area contributed by atoms with E-state index in [9.17, 15) is 19.8 Å². The summed E-state index contributed by atoms with van der Waals surface area (Å²) in [6, 6.07) is -0.552. The summed E-state index contributed by atoms with van der Waals surface area (Å²) in [5.41, 5.74) is 0. The summed E-state index contributed by atoms with van der Waals surface area (Å²) in [5.74, 6) is -0.0512. The molecule has 1 amide bonds. The molecule has 0 aromatic heterocycles. The summed E-state index contributed by atoms with van der Waals surface area (Å²) < 4.78 is 5.49. The Balaban J connectivity index is 3.43. The Kier molecular flexibility index (Phi) is 57.0. The second kappa shape index (κ2) is 58.2. The van der Waals surface area contributed by atoms with Gasteiger partial charge in [0.25, 0.3) is 0 Å². The highest BCUT2D eigenvalue weighted by Gasteiger charge is 2.20. The highest BCUT2D eigenvalue weighted by atomic mass is 16.5. The Bertz CT molecular complexity index is 1020. The van der Waals surface area contributed by atoms with Crippen molar-refractivity contribution in [3.8, 4) is 0 Å². The van der Waals surface area contributed by atoms with Gasteiger partial charge in [-0.05, 0) is 51.4 Å². The van der Waals surface area contributed by atoms with Gasteiger partial charge in [0, 0.05) is 12.8 Å². The lowest BCUT2D eigenvalue weighted by Crippen LogP contribution is -2.45. The Labute approximate surface area is 425 Å². The molecule has 2 atom stereocenters. The van der Waals surface area contributed by atoms with E-state index in [1.807, 2.05) is 0 Å². The van der Waals surface area contributed by atoms with Crippen LogP contribution in [0.4, 0.5) is 0 Å². The van der Waals surface area contributed by atoms with E-state index in [0.717, 1.165) is 51.4 Å². The van der Waals surface area contributed by atoms with Crippen LogP contribution >= 0.6 is 0 Å². The standard InChI is InChI=1S/C62H121NO5/c1-3-5-7-9-11-13-15-17-19-21-23-24-25-27-30-34-38-42-46-50-54-60(65)59(58-64)63-61(66)55-51-47-43-39-35-31-29-33-37-41-45-49-53-57-68-62(67)56-52-48-44-40-36-32-28-26-22-20-18-16-14-12-10-8-6-4-2/h20,22,59-60,64-65H,3-19,21,23-58H2,1-2H3,(H,63,66)/b22-20-. The Hall–Kier alpha value is -1.40. The molecule has 0 fully saturated rings. The number of amides is 1. The van der Waals surface area contributed by atoms with Crippen LogP contribution in [0.15, 0.2) is 12.2 Å². The van der Waals surface area contributed by atoms with E-state index in [1.165, 1.54) is 263 Å². The van der Waals surface area contributed by atoms with Crippen molar-refractivity contribution in [3.05, 3.63) is 12.2 Å². The summed E-state index contributed by atoms with van der Waals surface area (Å²) in [6.45, 7) is 4.95. The predicted molar refractivity (Wildman–Crippen MR) is 297 cm³/mol. The molecule has 6 heteroatoms. The maximum atomic E-state index is 12.5. The first-order valence-corrected chi connectivity index (χ1v) is 30.9. The minimum atomic E-state index is -0.673. The number of unbranched alkanes of at least 4 members (excludes halogenated alkanes) is 45. The number of hydrogen-bond acceptors (Lipinski definition) is 5. The number of aliphatic hydroxyl groups excluding tert-OH is 2. The normalized spacial score (nSPS) is 12.6. The molecule has 6 nitrogen and oxygen atoms in total. The van der Waals surface area contributed by atoms with E-state index in [2.05, 4.69) is 31.3 Å². The third kappa shape index (κ3) is 53.9. The second-order valence-corrected chi connectivity index (χ2v) is 21.4. The molecule has 0 heterocycles. The monoisotopic (exact) mass is 960 g/mol. The van der Waals surface area contributed by atoms with Gasteiger partial charge < -0.3 is 20.3 Å². The van der Waals surface area contributed by atoms with Gasteiger partial charge in [0.05, 0.1) is 25.4 Å². The molecule has 0 bridgehead atoms. The summed E-state index contributed by atoms with van der Waals surface area (Å²) in [4.78, 5) is 24.6. The van der Waals surface area contributed by atoms with Crippen molar-refractivity contribution in [1.29, 1.82) is 0 Å². The Morgan fingerprint density at radius 3 is 1.04 bits per heavy atom. The zero-order valence-corrected chi connectivity index (χ0v) is 46.1. The van der Waals surface area contributed by atoms with Crippen LogP contribution in [0.25, 0.3) is 0 Å². The minimum absolute atomic E-state index is 0.00707. The third-order valence-corrected chi connectivity index (χ3v) is 14.6. The lowest BCUT2D eigenvalue weighted by atomic mass is 10.0. The largest absolute Gasteiger partial charge is 0.466 e. The smallest absolute Gasteiger partial charge is 0.305 e. The van der Waals surface area contributed by atoms with E-state index in [-0.39, 0.29) is 18.5 Å². The molecule has 0 aromatic carbocycles. The fourth-order valence-electron chi connectivity index (χ4n) is 9.81. The summed E-state index contributed by atoms with van der Waals surface area (Å²) >= 11 is 0. The zero-order valence-electron chi connectivity index (χ0n) is 46.1. The molecule has 0 aromatic rings. The van der Waals surface area contributed by atoms with Crippen molar-refractivity contribution in [2.45, 2.75) is 360 Å². The first-order valence-electron chi connectivity index (χ1n) is 30.9. The maximum Gasteiger partial charge on any atom is 0.305 e. The minimum Gasteiger partial charge on any atom is -0.466 e. The molecule has 0 aliphatic carbocycles. The number of rotatable bonds is 58. The average Bonchev–Trinajstić information content (AvgIpc) is 3.34. The summed E-state index contributed by atoms with van der Waals surface area (Å²) in [6.07, 6.45) is 69.2.